The number of aryl methyl sites for hydroxylation is 1. The highest BCUT2D eigenvalue weighted by molar-refractivity contribution is 5.14. The summed E-state index contributed by atoms with van der Waals surface area (Å²) in [6, 6.07) is 11.0. The van der Waals surface area contributed by atoms with Crippen LogP contribution < -0.4 is 5.32 Å². The topological polar surface area (TPSA) is 21.3 Å². The zero-order chi connectivity index (χ0) is 12.5. The molecule has 0 aromatic heterocycles. The van der Waals surface area contributed by atoms with Gasteiger partial charge in [-0.25, -0.2) is 0 Å². The molecule has 0 saturated carbocycles. The predicted octanol–water partition coefficient (Wildman–Crippen LogP) is 3.02. The van der Waals surface area contributed by atoms with E-state index in [1.807, 2.05) is 7.05 Å². The lowest BCUT2D eigenvalue weighted by Crippen LogP contribution is -2.37. The van der Waals surface area contributed by atoms with Crippen LogP contribution in [0.4, 0.5) is 0 Å². The number of hydrogen-bond acceptors (Lipinski definition) is 2. The summed E-state index contributed by atoms with van der Waals surface area (Å²) >= 11 is 0. The Hall–Kier alpha value is -0.860. The van der Waals surface area contributed by atoms with Gasteiger partial charge >= 0.3 is 0 Å². The standard InChI is InChI=1S/C15H25NO/c1-4-15(16-3)13(2)17-12-8-11-14-9-6-5-7-10-14/h5-7,9-10,13,15-16H,4,8,11-12H2,1-3H3. The van der Waals surface area contributed by atoms with E-state index in [1.54, 1.807) is 0 Å². The van der Waals surface area contributed by atoms with Crippen molar-refractivity contribution in [2.45, 2.75) is 45.3 Å². The maximum absolute atomic E-state index is 5.85. The molecule has 0 aliphatic rings. The summed E-state index contributed by atoms with van der Waals surface area (Å²) in [6.45, 7) is 5.17. The summed E-state index contributed by atoms with van der Waals surface area (Å²) in [5.74, 6) is 0. The average molecular weight is 235 g/mol. The van der Waals surface area contributed by atoms with Crippen molar-refractivity contribution in [2.24, 2.45) is 0 Å². The fraction of sp³-hybridized carbons (Fsp3) is 0.600. The fourth-order valence-electron chi connectivity index (χ4n) is 2.08. The molecule has 1 aromatic rings. The Morgan fingerprint density at radius 3 is 2.53 bits per heavy atom. The van der Waals surface area contributed by atoms with Crippen LogP contribution in [0.2, 0.25) is 0 Å². The van der Waals surface area contributed by atoms with Gasteiger partial charge in [-0.05, 0) is 38.8 Å². The Balaban J connectivity index is 2.16. The number of rotatable bonds is 8. The van der Waals surface area contributed by atoms with Crippen LogP contribution in [-0.2, 0) is 11.2 Å². The lowest BCUT2D eigenvalue weighted by atomic mass is 10.1. The monoisotopic (exact) mass is 235 g/mol. The maximum atomic E-state index is 5.85. The Labute approximate surface area is 105 Å². The minimum Gasteiger partial charge on any atom is -0.377 e. The molecule has 0 amide bonds. The number of hydrogen-bond donors (Lipinski definition) is 1. The molecule has 0 aliphatic heterocycles. The van der Waals surface area contributed by atoms with Crippen LogP contribution in [0.5, 0.6) is 0 Å². The van der Waals surface area contributed by atoms with Crippen LogP contribution in [0.15, 0.2) is 30.3 Å². The summed E-state index contributed by atoms with van der Waals surface area (Å²) < 4.78 is 5.85. The highest BCUT2D eigenvalue weighted by atomic mass is 16.5. The number of likely N-dealkylation sites (N-methyl/N-ethyl adjacent to an activating group) is 1. The molecule has 0 radical (unpaired) electrons. The van der Waals surface area contributed by atoms with E-state index in [4.69, 9.17) is 4.74 Å². The third kappa shape index (κ3) is 5.33. The molecule has 96 valence electrons. The van der Waals surface area contributed by atoms with Crippen LogP contribution in [0.25, 0.3) is 0 Å². The van der Waals surface area contributed by atoms with Crippen LogP contribution in [0, 0.1) is 0 Å². The first-order chi connectivity index (χ1) is 8.27. The minimum atomic E-state index is 0.292. The van der Waals surface area contributed by atoms with Gasteiger partial charge < -0.3 is 10.1 Å². The largest absolute Gasteiger partial charge is 0.377 e. The Bertz CT molecular complexity index is 282. The van der Waals surface area contributed by atoms with Crippen molar-refractivity contribution in [3.8, 4) is 0 Å². The lowest BCUT2D eigenvalue weighted by Gasteiger charge is -2.22. The van der Waals surface area contributed by atoms with Crippen molar-refractivity contribution < 1.29 is 4.74 Å². The molecular formula is C15H25NO. The molecule has 1 aromatic carbocycles. The van der Waals surface area contributed by atoms with E-state index in [0.29, 0.717) is 12.1 Å². The van der Waals surface area contributed by atoms with Crippen LogP contribution in [-0.4, -0.2) is 25.8 Å². The number of benzene rings is 1. The van der Waals surface area contributed by atoms with Crippen molar-refractivity contribution in [1.82, 2.24) is 5.32 Å². The second-order valence-electron chi connectivity index (χ2n) is 4.47. The van der Waals surface area contributed by atoms with Crippen LogP contribution in [0.1, 0.15) is 32.3 Å². The number of nitrogens with one attached hydrogen (secondary N) is 1. The molecule has 0 fully saturated rings. The van der Waals surface area contributed by atoms with E-state index in [2.05, 4.69) is 49.5 Å². The van der Waals surface area contributed by atoms with Crippen molar-refractivity contribution in [3.63, 3.8) is 0 Å². The van der Waals surface area contributed by atoms with Gasteiger partial charge in [-0.1, -0.05) is 37.3 Å². The van der Waals surface area contributed by atoms with Crippen LogP contribution in [0.3, 0.4) is 0 Å². The molecule has 2 atom stereocenters. The zero-order valence-electron chi connectivity index (χ0n) is 11.3. The third-order valence-corrected chi connectivity index (χ3v) is 3.21. The van der Waals surface area contributed by atoms with Gasteiger partial charge in [-0.3, -0.25) is 0 Å². The number of ether oxygens (including phenoxy) is 1. The molecule has 17 heavy (non-hydrogen) atoms. The molecule has 2 heteroatoms. The van der Waals surface area contributed by atoms with E-state index >= 15 is 0 Å². The summed E-state index contributed by atoms with van der Waals surface area (Å²) in [7, 11) is 2.00. The average Bonchev–Trinajstić information content (AvgIpc) is 2.37. The molecule has 0 saturated heterocycles. The molecular weight excluding hydrogens is 210 g/mol. The zero-order valence-corrected chi connectivity index (χ0v) is 11.3. The second kappa shape index (κ2) is 8.26. The normalized spacial score (nSPS) is 14.5. The van der Waals surface area contributed by atoms with E-state index in [-0.39, 0.29) is 0 Å². The van der Waals surface area contributed by atoms with Crippen molar-refractivity contribution >= 4 is 0 Å². The van der Waals surface area contributed by atoms with Gasteiger partial charge in [0.25, 0.3) is 0 Å². The second-order valence-corrected chi connectivity index (χ2v) is 4.47. The quantitative estimate of drug-likeness (QED) is 0.699. The van der Waals surface area contributed by atoms with E-state index in [9.17, 15) is 0 Å². The summed E-state index contributed by atoms with van der Waals surface area (Å²) in [6.07, 6.45) is 3.59. The SMILES string of the molecule is CCC(NC)C(C)OCCCc1ccccc1. The molecule has 0 spiro atoms. The summed E-state index contributed by atoms with van der Waals surface area (Å²) in [5, 5.41) is 3.29. The highest BCUT2D eigenvalue weighted by Gasteiger charge is 2.12. The Morgan fingerprint density at radius 2 is 1.94 bits per heavy atom. The smallest absolute Gasteiger partial charge is 0.0699 e. The molecule has 0 aliphatic carbocycles. The van der Waals surface area contributed by atoms with Gasteiger partial charge in [0.05, 0.1) is 6.10 Å². The van der Waals surface area contributed by atoms with Crippen molar-refractivity contribution in [2.75, 3.05) is 13.7 Å². The van der Waals surface area contributed by atoms with Gasteiger partial charge in [0.2, 0.25) is 0 Å². The first kappa shape index (κ1) is 14.2. The van der Waals surface area contributed by atoms with E-state index in [1.165, 1.54) is 5.56 Å². The predicted molar refractivity (Wildman–Crippen MR) is 73.3 cm³/mol. The van der Waals surface area contributed by atoms with E-state index in [0.717, 1.165) is 25.9 Å². The summed E-state index contributed by atoms with van der Waals surface area (Å²) in [5.41, 5.74) is 1.39. The van der Waals surface area contributed by atoms with Crippen molar-refractivity contribution in [3.05, 3.63) is 35.9 Å². The van der Waals surface area contributed by atoms with Crippen LogP contribution >= 0.6 is 0 Å². The maximum Gasteiger partial charge on any atom is 0.0699 e. The molecule has 1 N–H and O–H groups in total. The van der Waals surface area contributed by atoms with Gasteiger partial charge in [0, 0.05) is 12.6 Å². The lowest BCUT2D eigenvalue weighted by molar-refractivity contribution is 0.0385. The third-order valence-electron chi connectivity index (χ3n) is 3.21. The molecule has 0 bridgehead atoms. The highest BCUT2D eigenvalue weighted by Crippen LogP contribution is 2.06. The van der Waals surface area contributed by atoms with Gasteiger partial charge in [-0.15, -0.1) is 0 Å². The molecule has 2 unspecified atom stereocenters. The van der Waals surface area contributed by atoms with Gasteiger partial charge in [-0.2, -0.15) is 0 Å². The molecule has 2 nitrogen and oxygen atoms in total. The van der Waals surface area contributed by atoms with Gasteiger partial charge in [0.15, 0.2) is 0 Å². The molecule has 1 rings (SSSR count). The molecule has 0 heterocycles. The van der Waals surface area contributed by atoms with Crippen molar-refractivity contribution in [1.29, 1.82) is 0 Å². The Morgan fingerprint density at radius 1 is 1.24 bits per heavy atom. The first-order valence-electron chi connectivity index (χ1n) is 6.60. The minimum absolute atomic E-state index is 0.292. The van der Waals surface area contributed by atoms with Gasteiger partial charge in [0.1, 0.15) is 0 Å². The van der Waals surface area contributed by atoms with E-state index < -0.39 is 0 Å². The Kier molecular flexibility index (Phi) is 6.90. The first-order valence-corrected chi connectivity index (χ1v) is 6.60. The fourth-order valence-corrected chi connectivity index (χ4v) is 2.08. The summed E-state index contributed by atoms with van der Waals surface area (Å²) in [4.78, 5) is 0.